The van der Waals surface area contributed by atoms with Crippen LogP contribution in [0.15, 0.2) is 0 Å². The Morgan fingerprint density at radius 3 is 2.08 bits per heavy atom. The van der Waals surface area contributed by atoms with Gasteiger partial charge >= 0.3 is 0 Å². The zero-order valence-electron chi connectivity index (χ0n) is 8.27. The average Bonchev–Trinajstić information content (AvgIpc) is 2.01. The van der Waals surface area contributed by atoms with Gasteiger partial charge in [-0.15, -0.1) is 0 Å². The number of hydrogen-bond donors (Lipinski definition) is 0. The van der Waals surface area contributed by atoms with E-state index in [2.05, 4.69) is 0 Å². The minimum absolute atomic E-state index is 0.237. The molecule has 0 amide bonds. The Bertz CT molecular complexity index is 170. The van der Waals surface area contributed by atoms with Gasteiger partial charge in [-0.05, 0) is 12.1 Å². The molecular weight excluding hydrogens is 194 g/mol. The van der Waals surface area contributed by atoms with Crippen LogP contribution in [0.3, 0.4) is 0 Å². The molecule has 0 N–H and O–H groups in total. The molecule has 0 aliphatic carbocycles. The van der Waals surface area contributed by atoms with Gasteiger partial charge in [0.2, 0.25) is 6.43 Å². The molecule has 13 heavy (non-hydrogen) atoms. The van der Waals surface area contributed by atoms with Gasteiger partial charge in [0, 0.05) is 13.0 Å². The van der Waals surface area contributed by atoms with Crippen molar-refractivity contribution in [3.8, 4) is 0 Å². The molecule has 0 radical (unpaired) electrons. The number of alkyl halides is 2. The van der Waals surface area contributed by atoms with E-state index in [-0.39, 0.29) is 6.04 Å². The van der Waals surface area contributed by atoms with Crippen LogP contribution in [0.1, 0.15) is 20.8 Å². The molecule has 0 spiro atoms. The third-order valence-corrected chi connectivity index (χ3v) is 6.53. The Hall–Kier alpha value is -0.453. The molecule has 0 aliphatic rings. The van der Waals surface area contributed by atoms with Crippen LogP contribution in [-0.4, -0.2) is 20.7 Å². The molecule has 0 saturated carbocycles. The number of carbonyl (C=O) groups excluding carboxylic acids is 1. The molecule has 0 rings (SSSR count). The molecule has 0 aliphatic heterocycles. The molecule has 0 aromatic rings. The van der Waals surface area contributed by atoms with E-state index < -0.39 is 20.7 Å². The van der Waals surface area contributed by atoms with Crippen LogP contribution in [0.25, 0.3) is 0 Å². The van der Waals surface area contributed by atoms with Crippen molar-refractivity contribution in [2.24, 2.45) is 0 Å². The summed E-state index contributed by atoms with van der Waals surface area (Å²) in [5.74, 6) is -0.434. The van der Waals surface area contributed by atoms with E-state index in [0.29, 0.717) is 12.1 Å². The smallest absolute Gasteiger partial charge is 0.289 e. The monoisotopic (exact) mass is 210 g/mol. The first-order valence-electron chi connectivity index (χ1n) is 4.43. The topological polar surface area (TPSA) is 26.3 Å². The first kappa shape index (κ1) is 12.5. The normalized spacial score (nSPS) is 11.8. The molecule has 0 atom stereocenters. The predicted molar refractivity (Wildman–Crippen MR) is 49.3 cm³/mol. The lowest BCUT2D eigenvalue weighted by Gasteiger charge is -2.27. The maximum atomic E-state index is 12.2. The van der Waals surface area contributed by atoms with Crippen molar-refractivity contribution < 1.29 is 18.0 Å². The second kappa shape index (κ2) is 5.31. The molecule has 78 valence electrons. The first-order valence-corrected chi connectivity index (χ1v) is 6.96. The summed E-state index contributed by atoms with van der Waals surface area (Å²) in [5.41, 5.74) is 0. The molecule has 2 nitrogen and oxygen atoms in total. The van der Waals surface area contributed by atoms with Gasteiger partial charge in [-0.3, -0.25) is 4.79 Å². The number of hydrogen-bond acceptors (Lipinski definition) is 2. The molecule has 0 bridgehead atoms. The highest BCUT2D eigenvalue weighted by Crippen LogP contribution is 2.25. The summed E-state index contributed by atoms with van der Waals surface area (Å²) in [6.45, 7) is 4.89. The van der Waals surface area contributed by atoms with Gasteiger partial charge in [0.1, 0.15) is 0 Å². The lowest BCUT2D eigenvalue weighted by atomic mass is 10.8. The van der Waals surface area contributed by atoms with Crippen molar-refractivity contribution in [1.82, 2.24) is 0 Å². The third kappa shape index (κ3) is 4.35. The van der Waals surface area contributed by atoms with E-state index >= 15 is 0 Å². The summed E-state index contributed by atoms with van der Waals surface area (Å²) >= 11 is 0. The molecule has 0 fully saturated rings. The van der Waals surface area contributed by atoms with Crippen LogP contribution in [0.2, 0.25) is 18.1 Å². The Balaban J connectivity index is 4.39. The van der Waals surface area contributed by atoms with Crippen LogP contribution >= 0.6 is 0 Å². The summed E-state index contributed by atoms with van der Waals surface area (Å²) in [5, 5.41) is 0. The predicted octanol–water partition coefficient (Wildman–Crippen LogP) is 2.80. The quantitative estimate of drug-likeness (QED) is 0.652. The molecule has 0 saturated heterocycles. The first-order chi connectivity index (χ1) is 5.95. The van der Waals surface area contributed by atoms with E-state index in [1.165, 1.54) is 6.92 Å². The maximum absolute atomic E-state index is 12.2. The van der Waals surface area contributed by atoms with Gasteiger partial charge in [0.05, 0.1) is 0 Å². The zero-order valence-corrected chi connectivity index (χ0v) is 9.27. The molecule has 5 heteroatoms. The van der Waals surface area contributed by atoms with Crippen LogP contribution in [0.4, 0.5) is 8.78 Å². The highest BCUT2D eigenvalue weighted by molar-refractivity contribution is 6.75. The summed E-state index contributed by atoms with van der Waals surface area (Å²) in [4.78, 5) is 10.7. The van der Waals surface area contributed by atoms with Gasteiger partial charge in [0.25, 0.3) is 14.3 Å². The second-order valence-corrected chi connectivity index (χ2v) is 7.47. The fourth-order valence-electron chi connectivity index (χ4n) is 1.31. The Morgan fingerprint density at radius 1 is 1.38 bits per heavy atom. The van der Waals surface area contributed by atoms with Gasteiger partial charge < -0.3 is 4.43 Å². The van der Waals surface area contributed by atoms with Crippen molar-refractivity contribution in [3.05, 3.63) is 0 Å². The Labute approximate surface area is 78.4 Å². The maximum Gasteiger partial charge on any atom is 0.289 e. The third-order valence-electron chi connectivity index (χ3n) is 2.18. The van der Waals surface area contributed by atoms with Crippen molar-refractivity contribution in [2.75, 3.05) is 0 Å². The fraction of sp³-hybridized carbons (Fsp3) is 0.875. The zero-order chi connectivity index (χ0) is 10.5. The van der Waals surface area contributed by atoms with Crippen molar-refractivity contribution in [3.63, 3.8) is 0 Å². The lowest BCUT2D eigenvalue weighted by Crippen LogP contribution is -2.40. The minimum Gasteiger partial charge on any atom is -0.519 e. The molecule has 0 aromatic heterocycles. The SMILES string of the molecule is CC[Si](CC)(CC(F)F)OC(C)=O. The lowest BCUT2D eigenvalue weighted by molar-refractivity contribution is -0.132. The second-order valence-electron chi connectivity index (χ2n) is 3.08. The van der Waals surface area contributed by atoms with E-state index in [9.17, 15) is 13.6 Å². The minimum atomic E-state index is -2.47. The van der Waals surface area contributed by atoms with Crippen LogP contribution in [0.5, 0.6) is 0 Å². The van der Waals surface area contributed by atoms with Crippen molar-refractivity contribution in [2.45, 2.75) is 45.3 Å². The largest absolute Gasteiger partial charge is 0.519 e. The molecule has 0 unspecified atom stereocenters. The van der Waals surface area contributed by atoms with Crippen LogP contribution in [-0.2, 0) is 9.22 Å². The van der Waals surface area contributed by atoms with Gasteiger partial charge in [-0.1, -0.05) is 13.8 Å². The molecular formula is C8H16F2O2Si. The Kier molecular flexibility index (Phi) is 5.13. The summed E-state index contributed by atoms with van der Waals surface area (Å²) in [6.07, 6.45) is -2.37. The van der Waals surface area contributed by atoms with Gasteiger partial charge in [-0.2, -0.15) is 0 Å². The van der Waals surface area contributed by atoms with Gasteiger partial charge in [0.15, 0.2) is 0 Å². The van der Waals surface area contributed by atoms with Crippen molar-refractivity contribution >= 4 is 14.3 Å². The van der Waals surface area contributed by atoms with E-state index in [0.717, 1.165) is 0 Å². The summed E-state index contributed by atoms with van der Waals surface area (Å²) < 4.78 is 29.5. The van der Waals surface area contributed by atoms with Crippen LogP contribution in [0, 0.1) is 0 Å². The number of carbonyl (C=O) groups is 1. The molecule has 0 heterocycles. The highest BCUT2D eigenvalue weighted by atomic mass is 28.4. The average molecular weight is 210 g/mol. The standard InChI is InChI=1S/C8H16F2O2Si/c1-4-13(5-2,6-8(9)10)12-7(3)11/h8H,4-6H2,1-3H3. The number of rotatable bonds is 5. The van der Waals surface area contributed by atoms with E-state index in [1.807, 2.05) is 0 Å². The fourth-order valence-corrected chi connectivity index (χ4v) is 3.93. The van der Waals surface area contributed by atoms with E-state index in [1.54, 1.807) is 13.8 Å². The molecule has 0 aromatic carbocycles. The van der Waals surface area contributed by atoms with Crippen LogP contribution < -0.4 is 0 Å². The number of halogens is 2. The van der Waals surface area contributed by atoms with Gasteiger partial charge in [-0.25, -0.2) is 8.78 Å². The highest BCUT2D eigenvalue weighted by Gasteiger charge is 2.37. The van der Waals surface area contributed by atoms with Crippen molar-refractivity contribution in [1.29, 1.82) is 0 Å². The van der Waals surface area contributed by atoms with E-state index in [4.69, 9.17) is 4.43 Å². The summed E-state index contributed by atoms with van der Waals surface area (Å²) in [7, 11) is -2.47. The summed E-state index contributed by atoms with van der Waals surface area (Å²) in [6, 6.07) is 0.889. The Morgan fingerprint density at radius 2 is 1.85 bits per heavy atom.